The Hall–Kier alpha value is -3.48. The Kier molecular flexibility index (Phi) is 4.61. The molecule has 0 spiro atoms. The van der Waals surface area contributed by atoms with Crippen LogP contribution in [-0.4, -0.2) is 34.2 Å². The molecule has 2 aromatic rings. The van der Waals surface area contributed by atoms with Crippen LogP contribution in [0.25, 0.3) is 0 Å². The monoisotopic (exact) mass is 417 g/mol. The Bertz CT molecular complexity index is 1080. The van der Waals surface area contributed by atoms with Crippen LogP contribution in [0.3, 0.4) is 0 Å². The predicted octanol–water partition coefficient (Wildman–Crippen LogP) is 3.24. The predicted molar refractivity (Wildman–Crippen MR) is 113 cm³/mol. The molecule has 5 rings (SSSR count). The molecule has 2 fully saturated rings. The number of imide groups is 1. The van der Waals surface area contributed by atoms with Gasteiger partial charge in [-0.1, -0.05) is 18.2 Å². The van der Waals surface area contributed by atoms with E-state index in [1.165, 1.54) is 11.8 Å². The second kappa shape index (κ2) is 7.34. The number of allylic oxidation sites excluding steroid dienone is 2. The third kappa shape index (κ3) is 3.40. The van der Waals surface area contributed by atoms with E-state index in [9.17, 15) is 14.4 Å². The van der Waals surface area contributed by atoms with Crippen molar-refractivity contribution in [2.75, 3.05) is 11.9 Å². The lowest BCUT2D eigenvalue weighted by atomic mass is 9.85. The molecule has 3 aliphatic rings. The summed E-state index contributed by atoms with van der Waals surface area (Å²) in [5, 5.41) is 2.70. The van der Waals surface area contributed by atoms with Gasteiger partial charge in [-0.2, -0.15) is 0 Å². The van der Waals surface area contributed by atoms with Gasteiger partial charge in [0.2, 0.25) is 23.6 Å². The lowest BCUT2D eigenvalue weighted by Gasteiger charge is -2.16. The molecule has 4 atom stereocenters. The number of likely N-dealkylation sites (tertiary alicyclic amines) is 1. The molecular formula is C24H23N3O4. The third-order valence-electron chi connectivity index (χ3n) is 6.58. The van der Waals surface area contributed by atoms with E-state index in [0.717, 1.165) is 16.9 Å². The Morgan fingerprint density at radius 2 is 1.77 bits per heavy atom. The summed E-state index contributed by atoms with van der Waals surface area (Å²) >= 11 is 0. The van der Waals surface area contributed by atoms with E-state index in [0.29, 0.717) is 17.3 Å². The minimum absolute atomic E-state index is 0.133. The fraction of sp³-hybridized carbons (Fsp3) is 0.333. The highest BCUT2D eigenvalue weighted by molar-refractivity contribution is 6.09. The van der Waals surface area contributed by atoms with Crippen LogP contribution < -0.4 is 10.1 Å². The van der Waals surface area contributed by atoms with Crippen molar-refractivity contribution in [3.05, 3.63) is 59.8 Å². The van der Waals surface area contributed by atoms with Crippen molar-refractivity contribution in [1.29, 1.82) is 0 Å². The van der Waals surface area contributed by atoms with E-state index in [4.69, 9.17) is 4.74 Å². The highest BCUT2D eigenvalue weighted by atomic mass is 16.5. The number of pyridine rings is 1. The number of aryl methyl sites for hydroxylation is 2. The third-order valence-corrected chi connectivity index (χ3v) is 6.58. The minimum Gasteiger partial charge on any atom is -0.439 e. The van der Waals surface area contributed by atoms with Gasteiger partial charge in [-0.15, -0.1) is 0 Å². The highest BCUT2D eigenvalue weighted by Crippen LogP contribution is 2.52. The molecule has 1 N–H and O–H groups in total. The summed E-state index contributed by atoms with van der Waals surface area (Å²) in [6.45, 7) is 3.77. The van der Waals surface area contributed by atoms with Crippen LogP contribution in [0.5, 0.6) is 11.6 Å². The number of nitrogens with zero attached hydrogens (tertiary/aromatic N) is 2. The van der Waals surface area contributed by atoms with E-state index < -0.39 is 5.91 Å². The molecule has 0 unspecified atom stereocenters. The quantitative estimate of drug-likeness (QED) is 0.596. The first-order valence-corrected chi connectivity index (χ1v) is 10.5. The number of carbonyl (C=O) groups is 3. The van der Waals surface area contributed by atoms with Crippen LogP contribution in [0, 0.1) is 37.5 Å². The number of benzene rings is 1. The van der Waals surface area contributed by atoms with E-state index >= 15 is 0 Å². The molecule has 1 aliphatic heterocycles. The maximum atomic E-state index is 12.7. The normalized spacial score (nSPS) is 25.8. The molecule has 1 saturated heterocycles. The number of fused-ring (bicyclic) bond motifs is 5. The summed E-state index contributed by atoms with van der Waals surface area (Å²) in [7, 11) is 0. The SMILES string of the molecule is Cc1ccc(Oc2ccc(NC(=O)CN3C(=O)[C@@H]4[C@H](C3=O)[C@H]3C=C[C@H]4C3)cn2)cc1C. The molecule has 31 heavy (non-hydrogen) atoms. The second-order valence-corrected chi connectivity index (χ2v) is 8.54. The summed E-state index contributed by atoms with van der Waals surface area (Å²) in [6.07, 6.45) is 6.43. The molecule has 7 heteroatoms. The molecule has 1 saturated carbocycles. The number of hydrogen-bond donors (Lipinski definition) is 1. The molecule has 7 nitrogen and oxygen atoms in total. The van der Waals surface area contributed by atoms with Gasteiger partial charge in [-0.3, -0.25) is 19.3 Å². The number of carbonyl (C=O) groups excluding carboxylic acids is 3. The first kappa shape index (κ1) is 19.5. The maximum absolute atomic E-state index is 12.7. The largest absolute Gasteiger partial charge is 0.439 e. The summed E-state index contributed by atoms with van der Waals surface area (Å²) < 4.78 is 5.75. The maximum Gasteiger partial charge on any atom is 0.244 e. The fourth-order valence-corrected chi connectivity index (χ4v) is 4.88. The van der Waals surface area contributed by atoms with E-state index in [1.54, 1.807) is 12.1 Å². The zero-order valence-electron chi connectivity index (χ0n) is 17.4. The molecule has 1 aromatic heterocycles. The molecular weight excluding hydrogens is 394 g/mol. The number of nitrogens with one attached hydrogen (secondary N) is 1. The number of rotatable bonds is 5. The van der Waals surface area contributed by atoms with E-state index in [1.807, 2.05) is 44.2 Å². The summed E-state index contributed by atoms with van der Waals surface area (Å²) in [5.74, 6) is -0.102. The van der Waals surface area contributed by atoms with Gasteiger partial charge >= 0.3 is 0 Å². The van der Waals surface area contributed by atoms with Crippen LogP contribution in [0.15, 0.2) is 48.7 Å². The first-order chi connectivity index (χ1) is 14.9. The van der Waals surface area contributed by atoms with Gasteiger partial charge in [-0.25, -0.2) is 4.98 Å². The summed E-state index contributed by atoms with van der Waals surface area (Å²) in [6, 6.07) is 9.13. The lowest BCUT2D eigenvalue weighted by molar-refractivity contribution is -0.143. The standard InChI is InChI=1S/C24H23N3O4/c1-13-3-7-18(9-14(13)2)31-20-8-6-17(11-25-20)26-19(28)12-27-23(29)21-15-4-5-16(10-15)22(21)24(27)30/h3-9,11,15-16,21-22H,10,12H2,1-2H3,(H,26,28)/t15-,16-,21-,22+/m0/s1. The number of anilines is 1. The summed E-state index contributed by atoms with van der Waals surface area (Å²) in [5.41, 5.74) is 2.78. The Morgan fingerprint density at radius 3 is 2.39 bits per heavy atom. The van der Waals surface area contributed by atoms with Crippen molar-refractivity contribution >= 4 is 23.4 Å². The average Bonchev–Trinajstić information content (AvgIpc) is 3.42. The highest BCUT2D eigenvalue weighted by Gasteiger charge is 2.59. The van der Waals surface area contributed by atoms with Crippen molar-refractivity contribution in [2.45, 2.75) is 20.3 Å². The first-order valence-electron chi connectivity index (χ1n) is 10.5. The van der Waals surface area contributed by atoms with Gasteiger partial charge in [0, 0.05) is 6.07 Å². The molecule has 2 heterocycles. The molecule has 2 bridgehead atoms. The van der Waals surface area contributed by atoms with Gasteiger partial charge in [0.1, 0.15) is 12.3 Å². The van der Waals surface area contributed by atoms with Gasteiger partial charge in [-0.05, 0) is 61.4 Å². The molecule has 1 aromatic carbocycles. The Morgan fingerprint density at radius 1 is 1.06 bits per heavy atom. The lowest BCUT2D eigenvalue weighted by Crippen LogP contribution is -2.39. The zero-order valence-corrected chi connectivity index (χ0v) is 17.4. The van der Waals surface area contributed by atoms with Gasteiger partial charge in [0.15, 0.2) is 0 Å². The van der Waals surface area contributed by atoms with E-state index in [2.05, 4.69) is 10.3 Å². The number of aromatic nitrogens is 1. The topological polar surface area (TPSA) is 88.6 Å². The zero-order chi connectivity index (χ0) is 21.7. The van der Waals surface area contributed by atoms with Crippen LogP contribution in [0.2, 0.25) is 0 Å². The average molecular weight is 417 g/mol. The van der Waals surface area contributed by atoms with Crippen molar-refractivity contribution in [3.8, 4) is 11.6 Å². The van der Waals surface area contributed by atoms with Crippen molar-refractivity contribution in [1.82, 2.24) is 9.88 Å². The van der Waals surface area contributed by atoms with Crippen LogP contribution in [0.1, 0.15) is 17.5 Å². The van der Waals surface area contributed by atoms with Crippen LogP contribution in [-0.2, 0) is 14.4 Å². The van der Waals surface area contributed by atoms with Gasteiger partial charge in [0.05, 0.1) is 23.7 Å². The van der Waals surface area contributed by atoms with Crippen LogP contribution in [0.4, 0.5) is 5.69 Å². The molecule has 158 valence electrons. The summed E-state index contributed by atoms with van der Waals surface area (Å²) in [4.78, 5) is 43.2. The fourth-order valence-electron chi connectivity index (χ4n) is 4.88. The Labute approximate surface area is 180 Å². The number of hydrogen-bond acceptors (Lipinski definition) is 5. The van der Waals surface area contributed by atoms with Crippen molar-refractivity contribution in [2.24, 2.45) is 23.7 Å². The van der Waals surface area contributed by atoms with Crippen LogP contribution >= 0.6 is 0 Å². The van der Waals surface area contributed by atoms with Gasteiger partial charge in [0.25, 0.3) is 0 Å². The second-order valence-electron chi connectivity index (χ2n) is 8.54. The van der Waals surface area contributed by atoms with Crippen molar-refractivity contribution in [3.63, 3.8) is 0 Å². The molecule has 3 amide bonds. The molecule has 0 radical (unpaired) electrons. The van der Waals surface area contributed by atoms with E-state index in [-0.39, 0.29) is 42.0 Å². The molecule has 2 aliphatic carbocycles. The number of ether oxygens (including phenoxy) is 1. The smallest absolute Gasteiger partial charge is 0.244 e. The Balaban J connectivity index is 1.20. The number of amides is 3. The van der Waals surface area contributed by atoms with Gasteiger partial charge < -0.3 is 10.1 Å². The van der Waals surface area contributed by atoms with Crippen molar-refractivity contribution < 1.29 is 19.1 Å². The minimum atomic E-state index is -0.424.